The van der Waals surface area contributed by atoms with Gasteiger partial charge in [-0.25, -0.2) is 4.98 Å². The first-order chi connectivity index (χ1) is 12.1. The van der Waals surface area contributed by atoms with Crippen LogP contribution in [0.1, 0.15) is 28.7 Å². The SMILES string of the molecule is CCOc1ccc(-c2nc(C)c(C(=O)N3CCC(CNC)C3)s2)cc1. The van der Waals surface area contributed by atoms with Gasteiger partial charge >= 0.3 is 0 Å². The number of nitrogens with one attached hydrogen (secondary N) is 1. The predicted molar refractivity (Wildman–Crippen MR) is 101 cm³/mol. The number of hydrogen-bond donors (Lipinski definition) is 1. The zero-order valence-electron chi connectivity index (χ0n) is 15.0. The number of aryl methyl sites for hydroxylation is 1. The Labute approximate surface area is 153 Å². The molecule has 1 saturated heterocycles. The largest absolute Gasteiger partial charge is 0.494 e. The molecule has 2 aromatic rings. The van der Waals surface area contributed by atoms with Gasteiger partial charge in [0.1, 0.15) is 15.6 Å². The molecular weight excluding hydrogens is 334 g/mol. The molecule has 0 spiro atoms. The fourth-order valence-corrected chi connectivity index (χ4v) is 4.23. The van der Waals surface area contributed by atoms with Gasteiger partial charge in [-0.05, 0) is 64.0 Å². The highest BCUT2D eigenvalue weighted by Gasteiger charge is 2.29. The summed E-state index contributed by atoms with van der Waals surface area (Å²) in [6.07, 6.45) is 1.07. The minimum atomic E-state index is 0.116. The van der Waals surface area contributed by atoms with Crippen LogP contribution < -0.4 is 10.1 Å². The van der Waals surface area contributed by atoms with E-state index in [4.69, 9.17) is 4.74 Å². The number of rotatable bonds is 6. The van der Waals surface area contributed by atoms with Crippen LogP contribution in [0.2, 0.25) is 0 Å². The van der Waals surface area contributed by atoms with Crippen molar-refractivity contribution in [2.75, 3.05) is 33.3 Å². The molecule has 1 N–H and O–H groups in total. The van der Waals surface area contributed by atoms with Crippen LogP contribution in [-0.2, 0) is 0 Å². The second-order valence-corrected chi connectivity index (χ2v) is 7.35. The topological polar surface area (TPSA) is 54.5 Å². The van der Waals surface area contributed by atoms with Gasteiger partial charge in [0, 0.05) is 18.7 Å². The van der Waals surface area contributed by atoms with Gasteiger partial charge in [0.15, 0.2) is 0 Å². The summed E-state index contributed by atoms with van der Waals surface area (Å²) in [5.41, 5.74) is 1.83. The quantitative estimate of drug-likeness (QED) is 0.861. The Morgan fingerprint density at radius 3 is 2.84 bits per heavy atom. The summed E-state index contributed by atoms with van der Waals surface area (Å²) in [5, 5.41) is 4.09. The first kappa shape index (κ1) is 17.9. The summed E-state index contributed by atoms with van der Waals surface area (Å²) in [7, 11) is 1.96. The lowest BCUT2D eigenvalue weighted by molar-refractivity contribution is 0.0791. The summed E-state index contributed by atoms with van der Waals surface area (Å²) in [6, 6.07) is 7.88. The summed E-state index contributed by atoms with van der Waals surface area (Å²) >= 11 is 1.48. The van der Waals surface area contributed by atoms with Crippen LogP contribution in [0, 0.1) is 12.8 Å². The van der Waals surface area contributed by atoms with Gasteiger partial charge < -0.3 is 15.0 Å². The van der Waals surface area contributed by atoms with Gasteiger partial charge in [-0.3, -0.25) is 4.79 Å². The summed E-state index contributed by atoms with van der Waals surface area (Å²) in [6.45, 7) is 7.16. The fraction of sp³-hybridized carbons (Fsp3) is 0.474. The third-order valence-electron chi connectivity index (χ3n) is 4.47. The molecule has 2 heterocycles. The van der Waals surface area contributed by atoms with Crippen molar-refractivity contribution in [1.29, 1.82) is 0 Å². The lowest BCUT2D eigenvalue weighted by atomic mass is 10.1. The molecule has 134 valence electrons. The van der Waals surface area contributed by atoms with E-state index in [1.54, 1.807) is 0 Å². The zero-order chi connectivity index (χ0) is 17.8. The van der Waals surface area contributed by atoms with Crippen LogP contribution in [-0.4, -0.2) is 49.1 Å². The molecule has 0 radical (unpaired) electrons. The normalized spacial score (nSPS) is 17.1. The summed E-state index contributed by atoms with van der Waals surface area (Å²) in [5.74, 6) is 1.52. The van der Waals surface area contributed by atoms with Crippen LogP contribution in [0.5, 0.6) is 5.75 Å². The molecule has 0 bridgehead atoms. The van der Waals surface area contributed by atoms with Crippen molar-refractivity contribution in [3.8, 4) is 16.3 Å². The van der Waals surface area contributed by atoms with Gasteiger partial charge in [-0.2, -0.15) is 0 Å². The van der Waals surface area contributed by atoms with E-state index in [1.807, 2.05) is 50.1 Å². The highest BCUT2D eigenvalue weighted by atomic mass is 32.1. The maximum Gasteiger partial charge on any atom is 0.265 e. The van der Waals surface area contributed by atoms with E-state index in [0.717, 1.165) is 52.9 Å². The first-order valence-electron chi connectivity index (χ1n) is 8.77. The Kier molecular flexibility index (Phi) is 5.71. The van der Waals surface area contributed by atoms with Gasteiger partial charge in [0.05, 0.1) is 12.3 Å². The molecule has 1 aromatic heterocycles. The van der Waals surface area contributed by atoms with Crippen molar-refractivity contribution in [3.05, 3.63) is 34.8 Å². The molecule has 5 nitrogen and oxygen atoms in total. The molecule has 0 aliphatic carbocycles. The molecule has 1 aliphatic rings. The van der Waals surface area contributed by atoms with Crippen molar-refractivity contribution < 1.29 is 9.53 Å². The predicted octanol–water partition coefficient (Wildman–Crippen LogP) is 3.20. The van der Waals surface area contributed by atoms with E-state index in [-0.39, 0.29) is 5.91 Å². The number of amides is 1. The molecule has 1 atom stereocenters. The maximum atomic E-state index is 12.9. The number of benzene rings is 1. The number of carbonyl (C=O) groups excluding carboxylic acids is 1. The Morgan fingerprint density at radius 1 is 1.40 bits per heavy atom. The maximum absolute atomic E-state index is 12.9. The van der Waals surface area contributed by atoms with Crippen molar-refractivity contribution in [1.82, 2.24) is 15.2 Å². The minimum Gasteiger partial charge on any atom is -0.494 e. The number of aromatic nitrogens is 1. The number of hydrogen-bond acceptors (Lipinski definition) is 5. The number of ether oxygens (including phenoxy) is 1. The average Bonchev–Trinajstić information content (AvgIpc) is 3.23. The number of likely N-dealkylation sites (tertiary alicyclic amines) is 1. The molecule has 6 heteroatoms. The van der Waals surface area contributed by atoms with Crippen LogP contribution in [0.3, 0.4) is 0 Å². The van der Waals surface area contributed by atoms with Gasteiger partial charge in [-0.15, -0.1) is 11.3 Å². The Bertz CT molecular complexity index is 727. The smallest absolute Gasteiger partial charge is 0.265 e. The highest BCUT2D eigenvalue weighted by molar-refractivity contribution is 7.17. The van der Waals surface area contributed by atoms with Crippen molar-refractivity contribution in [2.24, 2.45) is 5.92 Å². The van der Waals surface area contributed by atoms with E-state index >= 15 is 0 Å². The third-order valence-corrected chi connectivity index (χ3v) is 5.66. The summed E-state index contributed by atoms with van der Waals surface area (Å²) < 4.78 is 5.48. The van der Waals surface area contributed by atoms with Crippen molar-refractivity contribution in [3.63, 3.8) is 0 Å². The van der Waals surface area contributed by atoms with Crippen LogP contribution >= 0.6 is 11.3 Å². The second kappa shape index (κ2) is 7.97. The van der Waals surface area contributed by atoms with E-state index in [1.165, 1.54) is 11.3 Å². The molecule has 1 aliphatic heterocycles. The minimum absolute atomic E-state index is 0.116. The zero-order valence-corrected chi connectivity index (χ0v) is 15.9. The number of carbonyl (C=O) groups is 1. The molecule has 25 heavy (non-hydrogen) atoms. The lowest BCUT2D eigenvalue weighted by Crippen LogP contribution is -2.30. The number of thiazole rings is 1. The highest BCUT2D eigenvalue weighted by Crippen LogP contribution is 2.31. The lowest BCUT2D eigenvalue weighted by Gasteiger charge is -2.15. The Balaban J connectivity index is 1.75. The van der Waals surface area contributed by atoms with Crippen molar-refractivity contribution >= 4 is 17.2 Å². The van der Waals surface area contributed by atoms with E-state index in [0.29, 0.717) is 12.5 Å². The number of nitrogens with zero attached hydrogens (tertiary/aromatic N) is 2. The van der Waals surface area contributed by atoms with E-state index in [9.17, 15) is 4.79 Å². The van der Waals surface area contributed by atoms with Crippen LogP contribution in [0.4, 0.5) is 0 Å². The Morgan fingerprint density at radius 2 is 2.16 bits per heavy atom. The molecule has 1 fully saturated rings. The molecular formula is C19H25N3O2S. The van der Waals surface area contributed by atoms with E-state index in [2.05, 4.69) is 10.3 Å². The first-order valence-corrected chi connectivity index (χ1v) is 9.58. The van der Waals surface area contributed by atoms with E-state index < -0.39 is 0 Å². The third kappa shape index (κ3) is 4.02. The monoisotopic (exact) mass is 359 g/mol. The summed E-state index contributed by atoms with van der Waals surface area (Å²) in [4.78, 5) is 20.2. The molecule has 1 amide bonds. The van der Waals surface area contributed by atoms with Gasteiger partial charge in [-0.1, -0.05) is 0 Å². The van der Waals surface area contributed by atoms with Gasteiger partial charge in [0.2, 0.25) is 0 Å². The molecule has 1 aromatic carbocycles. The fourth-order valence-electron chi connectivity index (χ4n) is 3.19. The second-order valence-electron chi connectivity index (χ2n) is 6.35. The van der Waals surface area contributed by atoms with Crippen LogP contribution in [0.15, 0.2) is 24.3 Å². The van der Waals surface area contributed by atoms with Gasteiger partial charge in [0.25, 0.3) is 5.91 Å². The molecule has 1 unspecified atom stereocenters. The standard InChI is InChI=1S/C19H25N3O2S/c1-4-24-16-7-5-15(6-8-16)18-21-13(2)17(25-18)19(23)22-10-9-14(12-22)11-20-3/h5-8,14,20H,4,9-12H2,1-3H3. The van der Waals surface area contributed by atoms with Crippen molar-refractivity contribution in [2.45, 2.75) is 20.3 Å². The Hall–Kier alpha value is -1.92. The van der Waals surface area contributed by atoms with Crippen LogP contribution in [0.25, 0.3) is 10.6 Å². The average molecular weight is 359 g/mol. The molecule has 3 rings (SSSR count). The molecule has 0 saturated carbocycles.